The topological polar surface area (TPSA) is 72.9 Å². The average Bonchev–Trinajstić information content (AvgIpc) is 3.06. The van der Waals surface area contributed by atoms with Crippen molar-refractivity contribution in [3.63, 3.8) is 0 Å². The predicted octanol–water partition coefficient (Wildman–Crippen LogP) is 0.873. The van der Waals surface area contributed by atoms with Crippen molar-refractivity contribution in [2.24, 2.45) is 0 Å². The summed E-state index contributed by atoms with van der Waals surface area (Å²) in [5.41, 5.74) is -1.02. The molecule has 0 aromatic heterocycles. The number of carboxylic acids is 1. The summed E-state index contributed by atoms with van der Waals surface area (Å²) in [6.07, 6.45) is 5.22. The van der Waals surface area contributed by atoms with Gasteiger partial charge in [0.25, 0.3) is 0 Å². The van der Waals surface area contributed by atoms with E-state index in [1.54, 1.807) is 4.90 Å². The molecule has 3 fully saturated rings. The van der Waals surface area contributed by atoms with Gasteiger partial charge < -0.3 is 15.3 Å². The second kappa shape index (κ2) is 5.24. The molecular formula is C14H23N3O3. The number of nitrogens with zero attached hydrogens (tertiary/aromatic N) is 2. The lowest BCUT2D eigenvalue weighted by atomic mass is 9.98. The second-order valence-electron chi connectivity index (χ2n) is 6.30. The predicted molar refractivity (Wildman–Crippen MR) is 73.5 cm³/mol. The van der Waals surface area contributed by atoms with Gasteiger partial charge in [-0.05, 0) is 32.2 Å². The van der Waals surface area contributed by atoms with E-state index in [-0.39, 0.29) is 6.03 Å². The molecule has 1 unspecified atom stereocenters. The second-order valence-corrected chi connectivity index (χ2v) is 6.30. The van der Waals surface area contributed by atoms with Crippen LogP contribution in [0.4, 0.5) is 4.79 Å². The van der Waals surface area contributed by atoms with E-state index >= 15 is 0 Å². The molecule has 6 heteroatoms. The smallest absolute Gasteiger partial charge is 0.329 e. The molecule has 6 nitrogen and oxygen atoms in total. The van der Waals surface area contributed by atoms with Crippen LogP contribution in [0.5, 0.6) is 0 Å². The summed E-state index contributed by atoms with van der Waals surface area (Å²) in [5.74, 6) is -0.886. The number of piperazine rings is 1. The van der Waals surface area contributed by atoms with Crippen LogP contribution in [0.15, 0.2) is 0 Å². The number of hydrogen-bond donors (Lipinski definition) is 2. The molecular weight excluding hydrogens is 258 g/mol. The number of hydrogen-bond acceptors (Lipinski definition) is 3. The van der Waals surface area contributed by atoms with E-state index < -0.39 is 11.5 Å². The van der Waals surface area contributed by atoms with E-state index in [1.165, 1.54) is 6.42 Å². The number of fused-ring (bicyclic) bond motifs is 1. The van der Waals surface area contributed by atoms with Crippen LogP contribution in [0.2, 0.25) is 0 Å². The van der Waals surface area contributed by atoms with Crippen LogP contribution in [0.3, 0.4) is 0 Å². The summed E-state index contributed by atoms with van der Waals surface area (Å²) in [5, 5.41) is 12.2. The fourth-order valence-electron chi connectivity index (χ4n) is 3.83. The molecule has 0 bridgehead atoms. The Kier molecular flexibility index (Phi) is 3.58. The molecule has 2 amide bonds. The Hall–Kier alpha value is -1.30. The van der Waals surface area contributed by atoms with Crippen LogP contribution in [0.25, 0.3) is 0 Å². The summed E-state index contributed by atoms with van der Waals surface area (Å²) < 4.78 is 0. The molecule has 1 saturated carbocycles. The van der Waals surface area contributed by atoms with Crippen molar-refractivity contribution in [2.45, 2.75) is 50.1 Å². The first-order valence-electron chi connectivity index (χ1n) is 7.65. The number of rotatable bonds is 2. The Morgan fingerprint density at radius 2 is 1.85 bits per heavy atom. The number of urea groups is 1. The van der Waals surface area contributed by atoms with E-state index in [2.05, 4.69) is 10.2 Å². The minimum atomic E-state index is -1.02. The van der Waals surface area contributed by atoms with Gasteiger partial charge in [0.2, 0.25) is 0 Å². The third-order valence-electron chi connectivity index (χ3n) is 5.09. The molecule has 0 aromatic carbocycles. The number of carbonyl (C=O) groups excluding carboxylic acids is 1. The molecule has 0 radical (unpaired) electrons. The van der Waals surface area contributed by atoms with Gasteiger partial charge in [-0.3, -0.25) is 4.90 Å². The maximum atomic E-state index is 12.4. The number of aliphatic carboxylic acids is 1. The molecule has 2 N–H and O–H groups in total. The van der Waals surface area contributed by atoms with Gasteiger partial charge in [0.1, 0.15) is 5.54 Å². The Labute approximate surface area is 119 Å². The monoisotopic (exact) mass is 281 g/mol. The van der Waals surface area contributed by atoms with Crippen LogP contribution in [0, 0.1) is 0 Å². The van der Waals surface area contributed by atoms with E-state index in [9.17, 15) is 14.7 Å². The maximum Gasteiger partial charge on any atom is 0.329 e. The average molecular weight is 281 g/mol. The van der Waals surface area contributed by atoms with Crippen molar-refractivity contribution in [1.82, 2.24) is 15.1 Å². The highest BCUT2D eigenvalue weighted by Gasteiger charge is 2.44. The fraction of sp³-hybridized carbons (Fsp3) is 0.857. The van der Waals surface area contributed by atoms with Crippen LogP contribution >= 0.6 is 0 Å². The molecule has 1 aliphatic carbocycles. The first kappa shape index (κ1) is 13.7. The zero-order valence-electron chi connectivity index (χ0n) is 11.8. The molecule has 2 heterocycles. The van der Waals surface area contributed by atoms with Gasteiger partial charge in [0.05, 0.1) is 0 Å². The normalized spacial score (nSPS) is 29.2. The van der Waals surface area contributed by atoms with Crippen molar-refractivity contribution in [2.75, 3.05) is 26.2 Å². The minimum absolute atomic E-state index is 0.194. The molecule has 0 aromatic rings. The zero-order valence-corrected chi connectivity index (χ0v) is 11.8. The highest BCUT2D eigenvalue weighted by atomic mass is 16.4. The zero-order chi connectivity index (χ0) is 14.2. The van der Waals surface area contributed by atoms with E-state index in [0.29, 0.717) is 25.4 Å². The molecule has 3 aliphatic rings. The Morgan fingerprint density at radius 1 is 1.10 bits per heavy atom. The van der Waals surface area contributed by atoms with E-state index in [0.717, 1.165) is 38.9 Å². The molecule has 0 spiro atoms. The SMILES string of the molecule is O=C(NC1(C(=O)O)CCCC1)N1CCN2CCCC2C1. The van der Waals surface area contributed by atoms with Gasteiger partial charge in [0.15, 0.2) is 0 Å². The van der Waals surface area contributed by atoms with Gasteiger partial charge in [-0.2, -0.15) is 0 Å². The third-order valence-corrected chi connectivity index (χ3v) is 5.09. The van der Waals surface area contributed by atoms with Gasteiger partial charge in [-0.15, -0.1) is 0 Å². The van der Waals surface area contributed by atoms with Crippen molar-refractivity contribution in [3.05, 3.63) is 0 Å². The summed E-state index contributed by atoms with van der Waals surface area (Å²) in [6, 6.07) is 0.278. The molecule has 2 saturated heterocycles. The number of carbonyl (C=O) groups is 2. The number of nitrogens with one attached hydrogen (secondary N) is 1. The highest BCUT2D eigenvalue weighted by molar-refractivity contribution is 5.86. The van der Waals surface area contributed by atoms with E-state index in [1.807, 2.05) is 0 Å². The Bertz CT molecular complexity index is 406. The lowest BCUT2D eigenvalue weighted by Gasteiger charge is -2.39. The standard InChI is InChI=1S/C14H23N3O3/c18-12(19)14(5-1-2-6-14)15-13(20)17-9-8-16-7-3-4-11(16)10-17/h11H,1-10H2,(H,15,20)(H,18,19). The van der Waals surface area contributed by atoms with Gasteiger partial charge >= 0.3 is 12.0 Å². The summed E-state index contributed by atoms with van der Waals surface area (Å²) >= 11 is 0. The van der Waals surface area contributed by atoms with Crippen molar-refractivity contribution >= 4 is 12.0 Å². The largest absolute Gasteiger partial charge is 0.480 e. The lowest BCUT2D eigenvalue weighted by molar-refractivity contribution is -0.144. The highest BCUT2D eigenvalue weighted by Crippen LogP contribution is 2.30. The van der Waals surface area contributed by atoms with Crippen molar-refractivity contribution in [3.8, 4) is 0 Å². The van der Waals surface area contributed by atoms with Crippen LogP contribution < -0.4 is 5.32 Å². The summed E-state index contributed by atoms with van der Waals surface area (Å²) in [7, 11) is 0. The van der Waals surface area contributed by atoms with Crippen molar-refractivity contribution < 1.29 is 14.7 Å². The summed E-state index contributed by atoms with van der Waals surface area (Å²) in [4.78, 5) is 28.1. The molecule has 1 atom stereocenters. The van der Waals surface area contributed by atoms with Crippen LogP contribution in [-0.4, -0.2) is 64.7 Å². The van der Waals surface area contributed by atoms with Gasteiger partial charge in [0, 0.05) is 25.7 Å². The maximum absolute atomic E-state index is 12.4. The lowest BCUT2D eigenvalue weighted by Crippen LogP contribution is -2.60. The van der Waals surface area contributed by atoms with E-state index in [4.69, 9.17) is 0 Å². The molecule has 2 aliphatic heterocycles. The van der Waals surface area contributed by atoms with Crippen LogP contribution in [-0.2, 0) is 4.79 Å². The molecule has 112 valence electrons. The van der Waals surface area contributed by atoms with Gasteiger partial charge in [-0.1, -0.05) is 12.8 Å². The number of carboxylic acid groups (broad SMARTS) is 1. The third kappa shape index (κ3) is 2.37. The first-order valence-corrected chi connectivity index (χ1v) is 7.65. The van der Waals surface area contributed by atoms with Crippen molar-refractivity contribution in [1.29, 1.82) is 0 Å². The molecule has 3 rings (SSSR count). The fourth-order valence-corrected chi connectivity index (χ4v) is 3.83. The number of amides is 2. The summed E-state index contributed by atoms with van der Waals surface area (Å²) in [6.45, 7) is 3.50. The van der Waals surface area contributed by atoms with Crippen LogP contribution in [0.1, 0.15) is 38.5 Å². The molecule has 20 heavy (non-hydrogen) atoms. The Balaban J connectivity index is 1.62. The van der Waals surface area contributed by atoms with Gasteiger partial charge in [-0.25, -0.2) is 9.59 Å². The quantitative estimate of drug-likeness (QED) is 0.788. The Morgan fingerprint density at radius 3 is 2.55 bits per heavy atom. The first-order chi connectivity index (χ1) is 9.61. The minimum Gasteiger partial charge on any atom is -0.480 e.